The Morgan fingerprint density at radius 3 is 2.44 bits per heavy atom. The molecule has 0 saturated carbocycles. The quantitative estimate of drug-likeness (QED) is 0.647. The van der Waals surface area contributed by atoms with Gasteiger partial charge in [-0.05, 0) is 36.4 Å². The van der Waals surface area contributed by atoms with E-state index in [-0.39, 0.29) is 30.7 Å². The highest BCUT2D eigenvalue weighted by Crippen LogP contribution is 2.20. The lowest BCUT2D eigenvalue weighted by molar-refractivity contribution is 0.0953. The average molecular weight is 388 g/mol. The number of aromatic nitrogens is 1. The third-order valence-corrected chi connectivity index (χ3v) is 3.06. The van der Waals surface area contributed by atoms with Crippen LogP contribution in [0.4, 0.5) is 0 Å². The predicted molar refractivity (Wildman–Crippen MR) is 102 cm³/mol. The molecule has 0 unspecified atom stereocenters. The smallest absolute Gasteiger partial charge is 0.251 e. The lowest BCUT2D eigenvalue weighted by Crippen LogP contribution is -2.33. The first-order chi connectivity index (χ1) is 11.3. The van der Waals surface area contributed by atoms with E-state index in [1.54, 1.807) is 49.8 Å². The fourth-order valence-electron chi connectivity index (χ4n) is 1.88. The van der Waals surface area contributed by atoms with Gasteiger partial charge in [0.05, 0.1) is 12.8 Å². The van der Waals surface area contributed by atoms with Gasteiger partial charge in [0.25, 0.3) is 5.91 Å². The van der Waals surface area contributed by atoms with Gasteiger partial charge in [-0.25, -0.2) is 0 Å². The molecule has 0 aliphatic carbocycles. The number of carbonyl (C=O) groups is 1. The molecule has 25 heavy (non-hydrogen) atoms. The lowest BCUT2D eigenvalue weighted by atomic mass is 10.2. The molecule has 8 heteroatoms. The third kappa shape index (κ3) is 8.69. The van der Waals surface area contributed by atoms with E-state index in [0.29, 0.717) is 36.8 Å². The number of methoxy groups -OCH3 is 1. The van der Waals surface area contributed by atoms with Crippen LogP contribution in [0.2, 0.25) is 0 Å². The summed E-state index contributed by atoms with van der Waals surface area (Å²) < 4.78 is 10.6. The minimum absolute atomic E-state index is 0. The third-order valence-electron chi connectivity index (χ3n) is 3.06. The summed E-state index contributed by atoms with van der Waals surface area (Å²) in [5.74, 6) is 1.22. The Morgan fingerprint density at radius 1 is 1.04 bits per heavy atom. The van der Waals surface area contributed by atoms with Crippen LogP contribution in [0.15, 0.2) is 48.8 Å². The Kier molecular flexibility index (Phi) is 12.4. The van der Waals surface area contributed by atoms with E-state index in [2.05, 4.69) is 15.6 Å². The molecule has 6 nitrogen and oxygen atoms in total. The molecule has 1 amide bonds. The molecule has 1 aromatic heterocycles. The van der Waals surface area contributed by atoms with Crippen LogP contribution in [-0.4, -0.2) is 44.2 Å². The summed E-state index contributed by atoms with van der Waals surface area (Å²) in [5.41, 5.74) is 0.598. The van der Waals surface area contributed by atoms with Gasteiger partial charge >= 0.3 is 0 Å². The number of pyridine rings is 1. The zero-order valence-electron chi connectivity index (χ0n) is 13.9. The Hall–Kier alpha value is -1.86. The van der Waals surface area contributed by atoms with E-state index in [1.165, 1.54) is 0 Å². The van der Waals surface area contributed by atoms with Gasteiger partial charge in [0.1, 0.15) is 11.5 Å². The molecule has 0 radical (unpaired) electrons. The highest BCUT2D eigenvalue weighted by molar-refractivity contribution is 5.94. The Balaban J connectivity index is 0.00000288. The SMILES string of the molecule is COCCNCCNC(=O)c1ccc(Oc2cccnc2)cc1.Cl.Cl. The highest BCUT2D eigenvalue weighted by Gasteiger charge is 2.05. The number of rotatable bonds is 9. The summed E-state index contributed by atoms with van der Waals surface area (Å²) in [6.07, 6.45) is 3.32. The monoisotopic (exact) mass is 387 g/mol. The maximum Gasteiger partial charge on any atom is 0.251 e. The second kappa shape index (κ2) is 13.4. The van der Waals surface area contributed by atoms with E-state index in [0.717, 1.165) is 6.54 Å². The number of nitrogens with zero attached hydrogens (tertiary/aromatic N) is 1. The van der Waals surface area contributed by atoms with Gasteiger partial charge in [-0.2, -0.15) is 0 Å². The van der Waals surface area contributed by atoms with Crippen molar-refractivity contribution in [1.29, 1.82) is 0 Å². The zero-order valence-corrected chi connectivity index (χ0v) is 15.6. The van der Waals surface area contributed by atoms with Crippen molar-refractivity contribution in [3.05, 3.63) is 54.4 Å². The summed E-state index contributed by atoms with van der Waals surface area (Å²) >= 11 is 0. The van der Waals surface area contributed by atoms with Gasteiger partial charge in [-0.1, -0.05) is 0 Å². The minimum Gasteiger partial charge on any atom is -0.456 e. The first-order valence-corrected chi connectivity index (χ1v) is 7.45. The Bertz CT molecular complexity index is 598. The number of nitrogens with one attached hydrogen (secondary N) is 2. The van der Waals surface area contributed by atoms with Crippen molar-refractivity contribution in [2.75, 3.05) is 33.4 Å². The normalized spacial score (nSPS) is 9.48. The van der Waals surface area contributed by atoms with Gasteiger partial charge in [-0.15, -0.1) is 24.8 Å². The Morgan fingerprint density at radius 2 is 1.80 bits per heavy atom. The standard InChI is InChI=1S/C17H21N3O3.2ClH/c1-22-12-11-18-9-10-20-17(21)14-4-6-15(7-5-14)23-16-3-2-8-19-13-16;;/h2-8,13,18H,9-12H2,1H3,(H,20,21);2*1H. The van der Waals surface area contributed by atoms with Crippen molar-refractivity contribution in [3.8, 4) is 11.5 Å². The molecule has 0 bridgehead atoms. The molecule has 2 aromatic rings. The van der Waals surface area contributed by atoms with Gasteiger partial charge in [0.2, 0.25) is 0 Å². The average Bonchev–Trinajstić information content (AvgIpc) is 2.59. The molecule has 1 aromatic carbocycles. The molecule has 2 rings (SSSR count). The summed E-state index contributed by atoms with van der Waals surface area (Å²) in [4.78, 5) is 16.0. The largest absolute Gasteiger partial charge is 0.456 e. The fraction of sp³-hybridized carbons (Fsp3) is 0.294. The first-order valence-electron chi connectivity index (χ1n) is 7.45. The summed E-state index contributed by atoms with van der Waals surface area (Å²) in [6, 6.07) is 10.6. The van der Waals surface area contributed by atoms with Crippen LogP contribution in [0.3, 0.4) is 0 Å². The lowest BCUT2D eigenvalue weighted by Gasteiger charge is -2.08. The van der Waals surface area contributed by atoms with E-state index in [1.807, 2.05) is 6.07 Å². The van der Waals surface area contributed by atoms with Crippen molar-refractivity contribution in [2.24, 2.45) is 0 Å². The summed E-state index contributed by atoms with van der Waals surface area (Å²) in [6.45, 7) is 2.70. The second-order valence-corrected chi connectivity index (χ2v) is 4.81. The van der Waals surface area contributed by atoms with E-state index in [4.69, 9.17) is 9.47 Å². The number of hydrogen-bond donors (Lipinski definition) is 2. The predicted octanol–water partition coefficient (Wildman–Crippen LogP) is 2.68. The summed E-state index contributed by atoms with van der Waals surface area (Å²) in [7, 11) is 1.66. The van der Waals surface area contributed by atoms with Crippen LogP contribution in [0, 0.1) is 0 Å². The number of amides is 1. The second-order valence-electron chi connectivity index (χ2n) is 4.81. The van der Waals surface area contributed by atoms with E-state index >= 15 is 0 Å². The molecule has 0 atom stereocenters. The molecule has 1 heterocycles. The van der Waals surface area contributed by atoms with Crippen LogP contribution in [0.1, 0.15) is 10.4 Å². The molecule has 0 saturated heterocycles. The van der Waals surface area contributed by atoms with Crippen molar-refractivity contribution >= 4 is 30.7 Å². The van der Waals surface area contributed by atoms with Gasteiger partial charge < -0.3 is 20.1 Å². The van der Waals surface area contributed by atoms with Crippen molar-refractivity contribution in [3.63, 3.8) is 0 Å². The molecular weight excluding hydrogens is 365 g/mol. The number of carbonyl (C=O) groups excluding carboxylic acids is 1. The molecule has 138 valence electrons. The van der Waals surface area contributed by atoms with Crippen LogP contribution in [0.5, 0.6) is 11.5 Å². The van der Waals surface area contributed by atoms with Crippen molar-refractivity contribution in [2.45, 2.75) is 0 Å². The first kappa shape index (κ1) is 23.1. The Labute approximate surface area is 160 Å². The van der Waals surface area contributed by atoms with E-state index < -0.39 is 0 Å². The number of halogens is 2. The van der Waals surface area contributed by atoms with Crippen molar-refractivity contribution in [1.82, 2.24) is 15.6 Å². The van der Waals surface area contributed by atoms with Crippen LogP contribution >= 0.6 is 24.8 Å². The number of hydrogen-bond acceptors (Lipinski definition) is 5. The topological polar surface area (TPSA) is 72.5 Å². The molecular formula is C17H23Cl2N3O3. The molecule has 0 aliphatic heterocycles. The van der Waals surface area contributed by atoms with E-state index in [9.17, 15) is 4.79 Å². The zero-order chi connectivity index (χ0) is 16.3. The maximum absolute atomic E-state index is 12.0. The minimum atomic E-state index is -0.105. The fourth-order valence-corrected chi connectivity index (χ4v) is 1.88. The summed E-state index contributed by atoms with van der Waals surface area (Å²) in [5, 5.41) is 6.02. The molecule has 0 aliphatic rings. The number of benzene rings is 1. The molecule has 2 N–H and O–H groups in total. The van der Waals surface area contributed by atoms with Crippen LogP contribution in [-0.2, 0) is 4.74 Å². The van der Waals surface area contributed by atoms with Crippen LogP contribution < -0.4 is 15.4 Å². The van der Waals surface area contributed by atoms with Gasteiger partial charge in [0.15, 0.2) is 0 Å². The molecule has 0 spiro atoms. The van der Waals surface area contributed by atoms with Crippen LogP contribution in [0.25, 0.3) is 0 Å². The highest BCUT2D eigenvalue weighted by atomic mass is 35.5. The number of ether oxygens (including phenoxy) is 2. The maximum atomic E-state index is 12.0. The van der Waals surface area contributed by atoms with Gasteiger partial charge in [0, 0.05) is 38.5 Å². The van der Waals surface area contributed by atoms with Gasteiger partial charge in [-0.3, -0.25) is 9.78 Å². The molecule has 0 fully saturated rings. The van der Waals surface area contributed by atoms with Crippen molar-refractivity contribution < 1.29 is 14.3 Å².